The van der Waals surface area contributed by atoms with E-state index in [9.17, 15) is 18.0 Å². The van der Waals surface area contributed by atoms with Crippen LogP contribution in [-0.4, -0.2) is 55.7 Å². The van der Waals surface area contributed by atoms with Crippen molar-refractivity contribution in [3.05, 3.63) is 36.1 Å². The fourth-order valence-corrected chi connectivity index (χ4v) is 3.14. The molecule has 5 nitrogen and oxygen atoms in total. The average Bonchev–Trinajstić information content (AvgIpc) is 3.03. The molecule has 1 fully saturated rings. The number of rotatable bonds is 6. The number of para-hydroxylation sites is 1. The monoisotopic (exact) mass is 369 g/mol. The number of piperazine rings is 1. The van der Waals surface area contributed by atoms with Crippen molar-refractivity contribution in [2.75, 3.05) is 32.7 Å². The number of halogens is 3. The van der Waals surface area contributed by atoms with E-state index in [1.807, 2.05) is 30.3 Å². The summed E-state index contributed by atoms with van der Waals surface area (Å²) >= 11 is 0. The second-order valence-corrected chi connectivity index (χ2v) is 6.40. The van der Waals surface area contributed by atoms with Crippen LogP contribution in [0.4, 0.5) is 13.2 Å². The van der Waals surface area contributed by atoms with Gasteiger partial charge in [-0.05, 0) is 12.1 Å². The van der Waals surface area contributed by atoms with Crippen molar-refractivity contribution in [3.8, 4) is 0 Å². The number of nitrogens with zero attached hydrogens (tertiary/aromatic N) is 1. The number of alkyl halides is 3. The number of benzene rings is 1. The minimum Gasteiger partial charge on any atom is -0.461 e. The van der Waals surface area contributed by atoms with Gasteiger partial charge in [-0.3, -0.25) is 9.69 Å². The Morgan fingerprint density at radius 3 is 2.69 bits per heavy atom. The quantitative estimate of drug-likeness (QED) is 0.821. The van der Waals surface area contributed by atoms with Gasteiger partial charge in [0.2, 0.25) is 5.91 Å². The van der Waals surface area contributed by atoms with Crippen LogP contribution in [0.1, 0.15) is 12.2 Å². The summed E-state index contributed by atoms with van der Waals surface area (Å²) < 4.78 is 45.5. The summed E-state index contributed by atoms with van der Waals surface area (Å²) in [6, 6.07) is 7.68. The van der Waals surface area contributed by atoms with Crippen LogP contribution in [0.5, 0.6) is 0 Å². The summed E-state index contributed by atoms with van der Waals surface area (Å²) in [5.41, 5.74) is 0.735. The molecule has 3 rings (SSSR count). The zero-order chi connectivity index (χ0) is 18.6. The molecule has 0 spiro atoms. The predicted octanol–water partition coefficient (Wildman–Crippen LogP) is 2.32. The maximum absolute atomic E-state index is 13.3. The Morgan fingerprint density at radius 2 is 2.00 bits per heavy atom. The van der Waals surface area contributed by atoms with Crippen LogP contribution in [-0.2, 0) is 11.2 Å². The Bertz CT molecular complexity index is 706. The summed E-state index contributed by atoms with van der Waals surface area (Å²) in [4.78, 5) is 13.4. The Balaban J connectivity index is 1.51. The lowest BCUT2D eigenvalue weighted by atomic mass is 10.2. The minimum absolute atomic E-state index is 0.0892. The predicted molar refractivity (Wildman–Crippen MR) is 91.8 cm³/mol. The molecular weight excluding hydrogens is 347 g/mol. The van der Waals surface area contributed by atoms with Gasteiger partial charge in [0.1, 0.15) is 17.4 Å². The number of carbonyl (C=O) groups is 1. The molecule has 0 radical (unpaired) electrons. The molecule has 26 heavy (non-hydrogen) atoms. The number of fused-ring (bicyclic) bond motifs is 1. The minimum atomic E-state index is -4.37. The standard InChI is InChI=1S/C18H22F3N3O2/c19-18(20,21)16(24-9-7-22-8-10-24)12-23-17(25)6-5-14-11-13-3-1-2-4-15(13)26-14/h1-4,11,16,22H,5-10,12H2,(H,23,25). The Labute approximate surface area is 149 Å². The van der Waals surface area contributed by atoms with Crippen molar-refractivity contribution in [1.29, 1.82) is 0 Å². The van der Waals surface area contributed by atoms with Crippen LogP contribution in [0.15, 0.2) is 34.7 Å². The van der Waals surface area contributed by atoms with Crippen LogP contribution in [0.25, 0.3) is 11.0 Å². The number of furan rings is 1. The summed E-state index contributed by atoms with van der Waals surface area (Å²) in [6.07, 6.45) is -3.93. The molecule has 1 aromatic heterocycles. The van der Waals surface area contributed by atoms with Gasteiger partial charge in [-0.1, -0.05) is 18.2 Å². The number of nitrogens with one attached hydrogen (secondary N) is 2. The fourth-order valence-electron chi connectivity index (χ4n) is 3.14. The lowest BCUT2D eigenvalue weighted by Crippen LogP contribution is -2.57. The van der Waals surface area contributed by atoms with Gasteiger partial charge in [0.05, 0.1) is 0 Å². The van der Waals surface area contributed by atoms with Gasteiger partial charge in [0.15, 0.2) is 0 Å². The lowest BCUT2D eigenvalue weighted by Gasteiger charge is -2.35. The molecular formula is C18H22F3N3O2. The molecule has 142 valence electrons. The number of carbonyl (C=O) groups excluding carboxylic acids is 1. The van der Waals surface area contributed by atoms with E-state index in [2.05, 4.69) is 10.6 Å². The SMILES string of the molecule is O=C(CCc1cc2ccccc2o1)NCC(N1CCNCC1)C(F)(F)F. The van der Waals surface area contributed by atoms with Gasteiger partial charge < -0.3 is 15.1 Å². The fraction of sp³-hybridized carbons (Fsp3) is 0.500. The molecule has 0 bridgehead atoms. The summed E-state index contributed by atoms with van der Waals surface area (Å²) in [7, 11) is 0. The summed E-state index contributed by atoms with van der Waals surface area (Å²) in [5, 5.41) is 6.40. The molecule has 1 aliphatic rings. The summed E-state index contributed by atoms with van der Waals surface area (Å²) in [6.45, 7) is 1.25. The zero-order valence-electron chi connectivity index (χ0n) is 14.3. The first kappa shape index (κ1) is 18.7. The van der Waals surface area contributed by atoms with E-state index in [-0.39, 0.29) is 6.42 Å². The van der Waals surface area contributed by atoms with Gasteiger partial charge in [-0.15, -0.1) is 0 Å². The van der Waals surface area contributed by atoms with Crippen LogP contribution >= 0.6 is 0 Å². The Morgan fingerprint density at radius 1 is 1.27 bits per heavy atom. The Kier molecular flexibility index (Phi) is 5.83. The largest absolute Gasteiger partial charge is 0.461 e. The average molecular weight is 369 g/mol. The highest BCUT2D eigenvalue weighted by atomic mass is 19.4. The first-order valence-electron chi connectivity index (χ1n) is 8.69. The zero-order valence-corrected chi connectivity index (χ0v) is 14.3. The molecule has 1 aromatic carbocycles. The Hall–Kier alpha value is -2.06. The van der Waals surface area contributed by atoms with Gasteiger partial charge >= 0.3 is 6.18 Å². The highest BCUT2D eigenvalue weighted by molar-refractivity contribution is 5.78. The normalized spacial score (nSPS) is 17.3. The van der Waals surface area contributed by atoms with E-state index in [4.69, 9.17) is 4.42 Å². The number of hydrogen-bond donors (Lipinski definition) is 2. The summed E-state index contributed by atoms with van der Waals surface area (Å²) in [5.74, 6) is 0.241. The van der Waals surface area contributed by atoms with E-state index in [0.29, 0.717) is 38.4 Å². The molecule has 0 saturated carbocycles. The molecule has 1 aliphatic heterocycles. The van der Waals surface area contributed by atoms with Gasteiger partial charge in [0, 0.05) is 51.0 Å². The molecule has 2 heterocycles. The molecule has 1 atom stereocenters. The topological polar surface area (TPSA) is 57.5 Å². The number of amides is 1. The van der Waals surface area contributed by atoms with Crippen molar-refractivity contribution in [1.82, 2.24) is 15.5 Å². The van der Waals surface area contributed by atoms with Crippen molar-refractivity contribution in [2.24, 2.45) is 0 Å². The third-order valence-electron chi connectivity index (χ3n) is 4.54. The maximum atomic E-state index is 13.3. The maximum Gasteiger partial charge on any atom is 0.405 e. The molecule has 2 aromatic rings. The van der Waals surface area contributed by atoms with Crippen LogP contribution < -0.4 is 10.6 Å². The van der Waals surface area contributed by atoms with Gasteiger partial charge in [0.25, 0.3) is 0 Å². The van der Waals surface area contributed by atoms with Crippen LogP contribution in [0.3, 0.4) is 0 Å². The van der Waals surface area contributed by atoms with Crippen molar-refractivity contribution in [2.45, 2.75) is 25.1 Å². The molecule has 0 aliphatic carbocycles. The lowest BCUT2D eigenvalue weighted by molar-refractivity contribution is -0.184. The van der Waals surface area contributed by atoms with Crippen LogP contribution in [0.2, 0.25) is 0 Å². The molecule has 1 unspecified atom stereocenters. The second kappa shape index (κ2) is 8.09. The van der Waals surface area contributed by atoms with Crippen molar-refractivity contribution >= 4 is 16.9 Å². The molecule has 1 amide bonds. The first-order chi connectivity index (χ1) is 12.4. The van der Waals surface area contributed by atoms with E-state index in [1.165, 1.54) is 4.90 Å². The van der Waals surface area contributed by atoms with Gasteiger partial charge in [-0.2, -0.15) is 13.2 Å². The van der Waals surface area contributed by atoms with E-state index in [0.717, 1.165) is 11.0 Å². The van der Waals surface area contributed by atoms with E-state index in [1.54, 1.807) is 0 Å². The van der Waals surface area contributed by atoms with Crippen LogP contribution in [0, 0.1) is 0 Å². The molecule has 2 N–H and O–H groups in total. The number of aryl methyl sites for hydroxylation is 1. The van der Waals surface area contributed by atoms with Crippen molar-refractivity contribution < 1.29 is 22.4 Å². The van der Waals surface area contributed by atoms with Crippen molar-refractivity contribution in [3.63, 3.8) is 0 Å². The molecule has 1 saturated heterocycles. The third kappa shape index (κ3) is 4.76. The highest BCUT2D eigenvalue weighted by Gasteiger charge is 2.43. The highest BCUT2D eigenvalue weighted by Crippen LogP contribution is 2.25. The first-order valence-corrected chi connectivity index (χ1v) is 8.69. The smallest absolute Gasteiger partial charge is 0.405 e. The van der Waals surface area contributed by atoms with E-state index >= 15 is 0 Å². The van der Waals surface area contributed by atoms with Gasteiger partial charge in [-0.25, -0.2) is 0 Å². The number of hydrogen-bond acceptors (Lipinski definition) is 4. The second-order valence-electron chi connectivity index (χ2n) is 6.40. The van der Waals surface area contributed by atoms with E-state index < -0.39 is 24.7 Å². The molecule has 8 heteroatoms. The third-order valence-corrected chi connectivity index (χ3v) is 4.54.